The number of benzene rings is 1. The SMILES string of the molecule is COCCC(Cc1ccccc1Cl)C(=O)O. The van der Waals surface area contributed by atoms with E-state index in [-0.39, 0.29) is 0 Å². The van der Waals surface area contributed by atoms with Gasteiger partial charge in [-0.2, -0.15) is 0 Å². The first-order chi connectivity index (χ1) is 7.65. The highest BCUT2D eigenvalue weighted by Crippen LogP contribution is 2.20. The van der Waals surface area contributed by atoms with Crippen molar-refractivity contribution < 1.29 is 14.6 Å². The summed E-state index contributed by atoms with van der Waals surface area (Å²) in [6.07, 6.45) is 0.940. The molecule has 1 rings (SSSR count). The summed E-state index contributed by atoms with van der Waals surface area (Å²) in [4.78, 5) is 11.0. The maximum Gasteiger partial charge on any atom is 0.306 e. The zero-order chi connectivity index (χ0) is 12.0. The lowest BCUT2D eigenvalue weighted by Gasteiger charge is -2.12. The van der Waals surface area contributed by atoms with Crippen LogP contribution in [-0.2, 0) is 16.0 Å². The lowest BCUT2D eigenvalue weighted by molar-refractivity contribution is -0.142. The first-order valence-electron chi connectivity index (χ1n) is 5.10. The molecule has 1 N–H and O–H groups in total. The maximum absolute atomic E-state index is 11.0. The predicted octanol–water partition coefficient (Wildman–Crippen LogP) is 2.62. The van der Waals surface area contributed by atoms with Gasteiger partial charge < -0.3 is 9.84 Å². The van der Waals surface area contributed by atoms with Gasteiger partial charge in [-0.3, -0.25) is 4.79 Å². The first-order valence-corrected chi connectivity index (χ1v) is 5.48. The summed E-state index contributed by atoms with van der Waals surface area (Å²) >= 11 is 5.98. The molecule has 88 valence electrons. The van der Waals surface area contributed by atoms with Crippen LogP contribution in [0.1, 0.15) is 12.0 Å². The molecule has 0 aromatic heterocycles. The molecule has 16 heavy (non-hydrogen) atoms. The van der Waals surface area contributed by atoms with Crippen LogP contribution in [0, 0.1) is 5.92 Å². The first kappa shape index (κ1) is 13.0. The summed E-state index contributed by atoms with van der Waals surface area (Å²) in [6, 6.07) is 7.31. The Hall–Kier alpha value is -1.06. The highest BCUT2D eigenvalue weighted by atomic mass is 35.5. The summed E-state index contributed by atoms with van der Waals surface area (Å²) in [5.74, 6) is -1.25. The fourth-order valence-corrected chi connectivity index (χ4v) is 1.72. The van der Waals surface area contributed by atoms with E-state index in [0.29, 0.717) is 24.5 Å². The second-order valence-electron chi connectivity index (χ2n) is 3.61. The number of aliphatic carboxylic acids is 1. The van der Waals surface area contributed by atoms with Crippen molar-refractivity contribution in [2.24, 2.45) is 5.92 Å². The summed E-state index contributed by atoms with van der Waals surface area (Å²) in [6.45, 7) is 0.446. The Bertz CT molecular complexity index is 352. The largest absolute Gasteiger partial charge is 0.481 e. The number of methoxy groups -OCH3 is 1. The van der Waals surface area contributed by atoms with Gasteiger partial charge in [0.05, 0.1) is 5.92 Å². The molecule has 1 aromatic rings. The molecule has 1 aromatic carbocycles. The zero-order valence-electron chi connectivity index (χ0n) is 9.15. The van der Waals surface area contributed by atoms with Gasteiger partial charge in [-0.1, -0.05) is 29.8 Å². The van der Waals surface area contributed by atoms with Crippen LogP contribution in [0.25, 0.3) is 0 Å². The fraction of sp³-hybridized carbons (Fsp3) is 0.417. The van der Waals surface area contributed by atoms with Crippen LogP contribution in [0.3, 0.4) is 0 Å². The van der Waals surface area contributed by atoms with E-state index in [4.69, 9.17) is 21.4 Å². The minimum Gasteiger partial charge on any atom is -0.481 e. The van der Waals surface area contributed by atoms with Crippen LogP contribution in [-0.4, -0.2) is 24.8 Å². The predicted molar refractivity (Wildman–Crippen MR) is 62.8 cm³/mol. The minimum atomic E-state index is -0.808. The average Bonchev–Trinajstić information content (AvgIpc) is 2.26. The molecule has 0 radical (unpaired) electrons. The fourth-order valence-electron chi connectivity index (χ4n) is 1.50. The quantitative estimate of drug-likeness (QED) is 0.834. The molecule has 0 spiro atoms. The van der Waals surface area contributed by atoms with Crippen LogP contribution in [0.4, 0.5) is 0 Å². The Labute approximate surface area is 100.0 Å². The molecule has 0 aliphatic rings. The lowest BCUT2D eigenvalue weighted by atomic mass is 9.96. The number of hydrogen-bond acceptors (Lipinski definition) is 2. The molecule has 4 heteroatoms. The van der Waals surface area contributed by atoms with Crippen LogP contribution in [0.2, 0.25) is 5.02 Å². The van der Waals surface area contributed by atoms with Crippen molar-refractivity contribution in [3.8, 4) is 0 Å². The van der Waals surface area contributed by atoms with Gasteiger partial charge in [0, 0.05) is 18.7 Å². The normalized spacial score (nSPS) is 12.4. The highest BCUT2D eigenvalue weighted by Gasteiger charge is 2.18. The second kappa shape index (κ2) is 6.51. The lowest BCUT2D eigenvalue weighted by Crippen LogP contribution is -2.18. The molecule has 0 saturated carbocycles. The average molecular weight is 243 g/mol. The van der Waals surface area contributed by atoms with Gasteiger partial charge in [0.15, 0.2) is 0 Å². The second-order valence-corrected chi connectivity index (χ2v) is 4.02. The number of ether oxygens (including phenoxy) is 1. The van der Waals surface area contributed by atoms with E-state index in [1.54, 1.807) is 13.2 Å². The van der Waals surface area contributed by atoms with E-state index >= 15 is 0 Å². The molecular weight excluding hydrogens is 228 g/mol. The molecule has 1 unspecified atom stereocenters. The van der Waals surface area contributed by atoms with Crippen molar-refractivity contribution in [3.63, 3.8) is 0 Å². The Kier molecular flexibility index (Phi) is 5.29. The van der Waals surface area contributed by atoms with Crippen LogP contribution in [0.5, 0.6) is 0 Å². The van der Waals surface area contributed by atoms with Crippen molar-refractivity contribution >= 4 is 17.6 Å². The molecule has 0 aliphatic carbocycles. The van der Waals surface area contributed by atoms with Gasteiger partial charge in [0.1, 0.15) is 0 Å². The molecule has 3 nitrogen and oxygen atoms in total. The van der Waals surface area contributed by atoms with Crippen molar-refractivity contribution in [1.82, 2.24) is 0 Å². The van der Waals surface area contributed by atoms with Gasteiger partial charge in [-0.05, 0) is 24.5 Å². The van der Waals surface area contributed by atoms with Gasteiger partial charge in [-0.25, -0.2) is 0 Å². The maximum atomic E-state index is 11.0. The van der Waals surface area contributed by atoms with E-state index in [2.05, 4.69) is 0 Å². The number of carbonyl (C=O) groups is 1. The highest BCUT2D eigenvalue weighted by molar-refractivity contribution is 6.31. The summed E-state index contributed by atoms with van der Waals surface area (Å²) in [5.41, 5.74) is 0.868. The zero-order valence-corrected chi connectivity index (χ0v) is 9.91. The Morgan fingerprint density at radius 1 is 1.50 bits per heavy atom. The smallest absolute Gasteiger partial charge is 0.306 e. The molecular formula is C12H15ClO3. The topological polar surface area (TPSA) is 46.5 Å². The molecule has 0 bridgehead atoms. The van der Waals surface area contributed by atoms with Crippen molar-refractivity contribution in [2.45, 2.75) is 12.8 Å². The van der Waals surface area contributed by atoms with Crippen molar-refractivity contribution in [2.75, 3.05) is 13.7 Å². The van der Waals surface area contributed by atoms with Crippen LogP contribution < -0.4 is 0 Å². The van der Waals surface area contributed by atoms with Gasteiger partial charge in [0.25, 0.3) is 0 Å². The standard InChI is InChI=1S/C12H15ClO3/c1-16-7-6-10(12(14)15)8-9-4-2-3-5-11(9)13/h2-5,10H,6-8H2,1H3,(H,14,15). The number of hydrogen-bond donors (Lipinski definition) is 1. The van der Waals surface area contributed by atoms with E-state index in [1.165, 1.54) is 0 Å². The minimum absolute atomic E-state index is 0.443. The third-order valence-corrected chi connectivity index (χ3v) is 2.81. The van der Waals surface area contributed by atoms with E-state index in [0.717, 1.165) is 5.56 Å². The van der Waals surface area contributed by atoms with Crippen LogP contribution in [0.15, 0.2) is 24.3 Å². The number of rotatable bonds is 6. The Morgan fingerprint density at radius 2 is 2.19 bits per heavy atom. The summed E-state index contributed by atoms with van der Waals surface area (Å²) < 4.78 is 4.89. The van der Waals surface area contributed by atoms with E-state index in [9.17, 15) is 4.79 Å². The van der Waals surface area contributed by atoms with Crippen molar-refractivity contribution in [3.05, 3.63) is 34.9 Å². The molecule has 1 atom stereocenters. The monoisotopic (exact) mass is 242 g/mol. The van der Waals surface area contributed by atoms with Gasteiger partial charge >= 0.3 is 5.97 Å². The molecule has 0 fully saturated rings. The van der Waals surface area contributed by atoms with E-state index in [1.807, 2.05) is 18.2 Å². The number of halogens is 1. The van der Waals surface area contributed by atoms with Gasteiger partial charge in [-0.15, -0.1) is 0 Å². The molecule has 0 aliphatic heterocycles. The summed E-state index contributed by atoms with van der Waals surface area (Å²) in [5, 5.41) is 9.67. The Morgan fingerprint density at radius 3 is 2.75 bits per heavy atom. The van der Waals surface area contributed by atoms with Crippen LogP contribution >= 0.6 is 11.6 Å². The van der Waals surface area contributed by atoms with Gasteiger partial charge in [0.2, 0.25) is 0 Å². The number of carboxylic acid groups (broad SMARTS) is 1. The third kappa shape index (κ3) is 3.83. The Balaban J connectivity index is 2.68. The number of carboxylic acids is 1. The molecule has 0 amide bonds. The van der Waals surface area contributed by atoms with E-state index < -0.39 is 11.9 Å². The summed E-state index contributed by atoms with van der Waals surface area (Å²) in [7, 11) is 1.56. The molecule has 0 saturated heterocycles. The molecule has 0 heterocycles. The third-order valence-electron chi connectivity index (χ3n) is 2.44. The van der Waals surface area contributed by atoms with Crippen molar-refractivity contribution in [1.29, 1.82) is 0 Å².